The predicted octanol–water partition coefficient (Wildman–Crippen LogP) is 1.40. The van der Waals surface area contributed by atoms with E-state index in [-0.39, 0.29) is 11.6 Å². The van der Waals surface area contributed by atoms with Crippen molar-refractivity contribution in [1.29, 1.82) is 0 Å². The van der Waals surface area contributed by atoms with Gasteiger partial charge in [-0.3, -0.25) is 4.90 Å². The molecule has 0 amide bonds. The van der Waals surface area contributed by atoms with Gasteiger partial charge in [-0.2, -0.15) is 0 Å². The minimum absolute atomic E-state index is 0.102. The van der Waals surface area contributed by atoms with Gasteiger partial charge in [0.05, 0.1) is 12.7 Å². The molecule has 2 rings (SSSR count). The molecule has 1 spiro atoms. The fourth-order valence-corrected chi connectivity index (χ4v) is 3.33. The van der Waals surface area contributed by atoms with Gasteiger partial charge in [0.15, 0.2) is 0 Å². The van der Waals surface area contributed by atoms with Gasteiger partial charge in [-0.25, -0.2) is 0 Å². The van der Waals surface area contributed by atoms with E-state index in [0.29, 0.717) is 0 Å². The number of nitrogens with zero attached hydrogens (tertiary/aromatic N) is 1. The molecular formula is C12H23NO2. The molecule has 0 radical (unpaired) electrons. The van der Waals surface area contributed by atoms with Gasteiger partial charge in [0, 0.05) is 25.7 Å². The smallest absolute Gasteiger partial charge is 0.0736 e. The first-order chi connectivity index (χ1) is 7.29. The van der Waals surface area contributed by atoms with E-state index in [4.69, 9.17) is 4.74 Å². The van der Waals surface area contributed by atoms with Crippen LogP contribution in [0.1, 0.15) is 38.5 Å². The molecule has 0 aromatic rings. The second-order valence-corrected chi connectivity index (χ2v) is 4.95. The van der Waals surface area contributed by atoms with Crippen LogP contribution in [0.15, 0.2) is 0 Å². The third-order valence-electron chi connectivity index (χ3n) is 4.21. The predicted molar refractivity (Wildman–Crippen MR) is 59.9 cm³/mol. The minimum atomic E-state index is -0.102. The molecule has 88 valence electrons. The van der Waals surface area contributed by atoms with Gasteiger partial charge in [-0.1, -0.05) is 19.3 Å². The zero-order valence-corrected chi connectivity index (χ0v) is 9.74. The van der Waals surface area contributed by atoms with Gasteiger partial charge in [0.25, 0.3) is 0 Å². The lowest BCUT2D eigenvalue weighted by Gasteiger charge is -2.43. The van der Waals surface area contributed by atoms with Crippen molar-refractivity contribution in [2.24, 2.45) is 0 Å². The highest BCUT2D eigenvalue weighted by Crippen LogP contribution is 2.41. The van der Waals surface area contributed by atoms with Crippen LogP contribution in [0, 0.1) is 0 Å². The van der Waals surface area contributed by atoms with Gasteiger partial charge < -0.3 is 9.84 Å². The van der Waals surface area contributed by atoms with Crippen LogP contribution in [0.4, 0.5) is 0 Å². The van der Waals surface area contributed by atoms with Crippen molar-refractivity contribution < 1.29 is 9.84 Å². The van der Waals surface area contributed by atoms with Crippen LogP contribution in [0.3, 0.4) is 0 Å². The van der Waals surface area contributed by atoms with Crippen LogP contribution in [-0.4, -0.2) is 48.5 Å². The number of hydrogen-bond acceptors (Lipinski definition) is 3. The van der Waals surface area contributed by atoms with E-state index >= 15 is 0 Å². The van der Waals surface area contributed by atoms with Gasteiger partial charge in [-0.05, 0) is 19.3 Å². The SMILES string of the molecule is COCCN1CCC(O)C12CCCCC2. The normalized spacial score (nSPS) is 31.2. The molecule has 1 N–H and O–H groups in total. The number of ether oxygens (including phenoxy) is 1. The fraction of sp³-hybridized carbons (Fsp3) is 1.00. The van der Waals surface area contributed by atoms with Gasteiger partial charge in [0.2, 0.25) is 0 Å². The zero-order valence-electron chi connectivity index (χ0n) is 9.74. The van der Waals surface area contributed by atoms with E-state index in [1.54, 1.807) is 7.11 Å². The molecule has 3 heteroatoms. The Balaban J connectivity index is 2.02. The summed E-state index contributed by atoms with van der Waals surface area (Å²) in [5.41, 5.74) is 0.108. The average Bonchev–Trinajstić information content (AvgIpc) is 2.56. The third-order valence-corrected chi connectivity index (χ3v) is 4.21. The van der Waals surface area contributed by atoms with Crippen LogP contribution in [0.2, 0.25) is 0 Å². The van der Waals surface area contributed by atoms with Crippen LogP contribution in [-0.2, 0) is 4.74 Å². The number of rotatable bonds is 3. The Kier molecular flexibility index (Phi) is 3.65. The van der Waals surface area contributed by atoms with E-state index in [1.165, 1.54) is 32.1 Å². The largest absolute Gasteiger partial charge is 0.391 e. The molecule has 0 aromatic heterocycles. The Labute approximate surface area is 92.4 Å². The minimum Gasteiger partial charge on any atom is -0.391 e. The number of likely N-dealkylation sites (tertiary alicyclic amines) is 1. The Morgan fingerprint density at radius 1 is 1.33 bits per heavy atom. The third kappa shape index (κ3) is 2.05. The lowest BCUT2D eigenvalue weighted by molar-refractivity contribution is -0.00978. The zero-order chi connectivity index (χ0) is 10.7. The number of methoxy groups -OCH3 is 1. The molecule has 1 saturated heterocycles. The molecular weight excluding hydrogens is 190 g/mol. The summed E-state index contributed by atoms with van der Waals surface area (Å²) < 4.78 is 5.15. The standard InChI is InChI=1S/C12H23NO2/c1-15-10-9-13-8-5-11(14)12(13)6-3-2-4-7-12/h11,14H,2-10H2,1H3. The van der Waals surface area contributed by atoms with Crippen LogP contribution in [0.5, 0.6) is 0 Å². The molecule has 0 bridgehead atoms. The summed E-state index contributed by atoms with van der Waals surface area (Å²) in [6.45, 7) is 2.81. The number of aliphatic hydroxyl groups is 1. The van der Waals surface area contributed by atoms with Crippen molar-refractivity contribution in [3.8, 4) is 0 Å². The van der Waals surface area contributed by atoms with E-state index in [0.717, 1.165) is 26.1 Å². The molecule has 1 saturated carbocycles. The Bertz CT molecular complexity index is 202. The summed E-state index contributed by atoms with van der Waals surface area (Å²) in [7, 11) is 1.75. The van der Waals surface area contributed by atoms with Crippen LogP contribution < -0.4 is 0 Å². The highest BCUT2D eigenvalue weighted by atomic mass is 16.5. The highest BCUT2D eigenvalue weighted by molar-refractivity contribution is 5.03. The molecule has 1 unspecified atom stereocenters. The van der Waals surface area contributed by atoms with Crippen molar-refractivity contribution in [2.75, 3.05) is 26.8 Å². The molecule has 1 atom stereocenters. The molecule has 2 fully saturated rings. The second-order valence-electron chi connectivity index (χ2n) is 4.95. The lowest BCUT2D eigenvalue weighted by atomic mass is 9.78. The maximum Gasteiger partial charge on any atom is 0.0736 e. The van der Waals surface area contributed by atoms with Crippen molar-refractivity contribution >= 4 is 0 Å². The topological polar surface area (TPSA) is 32.7 Å². The molecule has 1 aliphatic heterocycles. The summed E-state index contributed by atoms with van der Waals surface area (Å²) >= 11 is 0. The lowest BCUT2D eigenvalue weighted by Crippen LogP contribution is -2.52. The maximum atomic E-state index is 10.2. The average molecular weight is 213 g/mol. The van der Waals surface area contributed by atoms with E-state index in [2.05, 4.69) is 4.90 Å². The first-order valence-electron chi connectivity index (χ1n) is 6.22. The Morgan fingerprint density at radius 2 is 2.07 bits per heavy atom. The quantitative estimate of drug-likeness (QED) is 0.769. The molecule has 1 aliphatic carbocycles. The molecule has 3 nitrogen and oxygen atoms in total. The van der Waals surface area contributed by atoms with Crippen molar-refractivity contribution in [2.45, 2.75) is 50.2 Å². The molecule has 1 heterocycles. The summed E-state index contributed by atoms with van der Waals surface area (Å²) in [6, 6.07) is 0. The highest BCUT2D eigenvalue weighted by Gasteiger charge is 2.47. The van der Waals surface area contributed by atoms with Crippen molar-refractivity contribution in [3.05, 3.63) is 0 Å². The molecule has 2 aliphatic rings. The van der Waals surface area contributed by atoms with Gasteiger partial charge in [-0.15, -0.1) is 0 Å². The first-order valence-corrected chi connectivity index (χ1v) is 6.22. The molecule has 0 aromatic carbocycles. The van der Waals surface area contributed by atoms with Crippen LogP contribution >= 0.6 is 0 Å². The van der Waals surface area contributed by atoms with Crippen molar-refractivity contribution in [3.63, 3.8) is 0 Å². The second kappa shape index (κ2) is 4.81. The Morgan fingerprint density at radius 3 is 2.73 bits per heavy atom. The Hall–Kier alpha value is -0.120. The van der Waals surface area contributed by atoms with Crippen molar-refractivity contribution in [1.82, 2.24) is 4.90 Å². The van der Waals surface area contributed by atoms with Crippen LogP contribution in [0.25, 0.3) is 0 Å². The summed E-state index contributed by atoms with van der Waals surface area (Å²) in [5, 5.41) is 10.2. The number of hydrogen-bond donors (Lipinski definition) is 1. The van der Waals surface area contributed by atoms with E-state index < -0.39 is 0 Å². The first kappa shape index (κ1) is 11.4. The number of aliphatic hydroxyl groups excluding tert-OH is 1. The van der Waals surface area contributed by atoms with E-state index in [9.17, 15) is 5.11 Å². The summed E-state index contributed by atoms with van der Waals surface area (Å²) in [6.07, 6.45) is 7.10. The fourth-order valence-electron chi connectivity index (χ4n) is 3.33. The van der Waals surface area contributed by atoms with Gasteiger partial charge >= 0.3 is 0 Å². The summed E-state index contributed by atoms with van der Waals surface area (Å²) in [4.78, 5) is 2.47. The maximum absolute atomic E-state index is 10.2. The monoisotopic (exact) mass is 213 g/mol. The molecule has 15 heavy (non-hydrogen) atoms. The summed E-state index contributed by atoms with van der Waals surface area (Å²) in [5.74, 6) is 0. The van der Waals surface area contributed by atoms with E-state index in [1.807, 2.05) is 0 Å². The van der Waals surface area contributed by atoms with Gasteiger partial charge in [0.1, 0.15) is 0 Å².